The van der Waals surface area contributed by atoms with Crippen LogP contribution in [0, 0.1) is 12.7 Å². The van der Waals surface area contributed by atoms with E-state index in [-0.39, 0.29) is 42.8 Å². The Labute approximate surface area is 158 Å². The molecule has 0 saturated heterocycles. The topological polar surface area (TPSA) is 79.5 Å². The third-order valence-electron chi connectivity index (χ3n) is 4.37. The molecule has 0 spiro atoms. The zero-order valence-electron chi connectivity index (χ0n) is 16.2. The average Bonchev–Trinajstić information content (AvgIpc) is 3.12. The molecule has 0 atom stereocenters. The zero-order valence-corrected chi connectivity index (χ0v) is 16.2. The fourth-order valence-corrected chi connectivity index (χ4v) is 2.58. The van der Waals surface area contributed by atoms with Gasteiger partial charge in [0, 0.05) is 38.5 Å². The summed E-state index contributed by atoms with van der Waals surface area (Å²) in [5, 5.41) is 3.84. The highest BCUT2D eigenvalue weighted by Crippen LogP contribution is 2.19. The number of benzene rings is 1. The van der Waals surface area contributed by atoms with E-state index in [0.29, 0.717) is 30.1 Å². The van der Waals surface area contributed by atoms with Gasteiger partial charge >= 0.3 is 0 Å². The van der Waals surface area contributed by atoms with E-state index in [2.05, 4.69) is 10.1 Å². The number of carbonyl (C=O) groups is 2. The Morgan fingerprint density at radius 1 is 1.19 bits per heavy atom. The standard InChI is InChI=1S/C19H25FN4O3/c1-5-24(6-2)18(26)12-23(4)17(25)10-9-16-21-19(22-27-16)14-8-7-13(3)15(20)11-14/h7-8,11H,5-6,9-10,12H2,1-4H3. The van der Waals surface area contributed by atoms with Crippen molar-refractivity contribution < 1.29 is 18.5 Å². The molecule has 146 valence electrons. The molecule has 0 aliphatic carbocycles. The molecule has 0 N–H and O–H groups in total. The van der Waals surface area contributed by atoms with Crippen molar-refractivity contribution >= 4 is 11.8 Å². The summed E-state index contributed by atoms with van der Waals surface area (Å²) in [6.07, 6.45) is 0.399. The molecule has 0 aliphatic rings. The number of nitrogens with zero attached hydrogens (tertiary/aromatic N) is 4. The summed E-state index contributed by atoms with van der Waals surface area (Å²) in [5.41, 5.74) is 1.05. The van der Waals surface area contributed by atoms with Gasteiger partial charge in [0.15, 0.2) is 0 Å². The van der Waals surface area contributed by atoms with Gasteiger partial charge in [0.2, 0.25) is 23.5 Å². The molecule has 0 saturated carbocycles. The molecule has 0 unspecified atom stereocenters. The minimum absolute atomic E-state index is 0.0399. The van der Waals surface area contributed by atoms with E-state index in [1.165, 1.54) is 11.0 Å². The van der Waals surface area contributed by atoms with Crippen LogP contribution < -0.4 is 0 Å². The SMILES string of the molecule is CCN(CC)C(=O)CN(C)C(=O)CCc1nc(-c2ccc(C)c(F)c2)no1. The Kier molecular flexibility index (Phi) is 7.04. The number of aryl methyl sites for hydroxylation is 2. The number of carbonyl (C=O) groups excluding carboxylic acids is 2. The lowest BCUT2D eigenvalue weighted by Crippen LogP contribution is -2.41. The Morgan fingerprint density at radius 2 is 1.89 bits per heavy atom. The lowest BCUT2D eigenvalue weighted by Gasteiger charge is -2.23. The van der Waals surface area contributed by atoms with Crippen LogP contribution in [0.15, 0.2) is 22.7 Å². The van der Waals surface area contributed by atoms with Crippen molar-refractivity contribution in [2.24, 2.45) is 0 Å². The lowest BCUT2D eigenvalue weighted by atomic mass is 10.1. The quantitative estimate of drug-likeness (QED) is 0.707. The second kappa shape index (κ2) is 9.25. The van der Waals surface area contributed by atoms with E-state index in [1.807, 2.05) is 13.8 Å². The average molecular weight is 376 g/mol. The molecule has 2 amide bonds. The monoisotopic (exact) mass is 376 g/mol. The molecule has 27 heavy (non-hydrogen) atoms. The highest BCUT2D eigenvalue weighted by Gasteiger charge is 2.18. The van der Waals surface area contributed by atoms with Gasteiger partial charge in [-0.25, -0.2) is 4.39 Å². The van der Waals surface area contributed by atoms with Crippen molar-refractivity contribution in [3.05, 3.63) is 35.5 Å². The second-order valence-corrected chi connectivity index (χ2v) is 6.29. The van der Waals surface area contributed by atoms with Gasteiger partial charge in [0.1, 0.15) is 5.82 Å². The summed E-state index contributed by atoms with van der Waals surface area (Å²) in [4.78, 5) is 31.6. The summed E-state index contributed by atoms with van der Waals surface area (Å²) in [6.45, 7) is 6.74. The van der Waals surface area contributed by atoms with Crippen LogP contribution in [0.1, 0.15) is 31.7 Å². The van der Waals surface area contributed by atoms with Crippen LogP contribution in [0.2, 0.25) is 0 Å². The van der Waals surface area contributed by atoms with Crippen LogP contribution in [0.25, 0.3) is 11.4 Å². The van der Waals surface area contributed by atoms with E-state index in [9.17, 15) is 14.0 Å². The van der Waals surface area contributed by atoms with E-state index in [1.54, 1.807) is 31.0 Å². The third kappa shape index (κ3) is 5.35. The minimum atomic E-state index is -0.339. The summed E-state index contributed by atoms with van der Waals surface area (Å²) in [7, 11) is 1.60. The van der Waals surface area contributed by atoms with Crippen LogP contribution in [0.4, 0.5) is 4.39 Å². The fourth-order valence-electron chi connectivity index (χ4n) is 2.58. The van der Waals surface area contributed by atoms with Gasteiger partial charge in [-0.15, -0.1) is 0 Å². The normalized spacial score (nSPS) is 10.7. The molecule has 1 heterocycles. The van der Waals surface area contributed by atoms with Gasteiger partial charge in [-0.3, -0.25) is 9.59 Å². The van der Waals surface area contributed by atoms with Crippen molar-refractivity contribution in [1.29, 1.82) is 0 Å². The van der Waals surface area contributed by atoms with Crippen molar-refractivity contribution in [3.8, 4) is 11.4 Å². The third-order valence-corrected chi connectivity index (χ3v) is 4.37. The molecule has 8 heteroatoms. The molecule has 2 rings (SSSR count). The minimum Gasteiger partial charge on any atom is -0.342 e. The maximum Gasteiger partial charge on any atom is 0.242 e. The first-order valence-electron chi connectivity index (χ1n) is 8.96. The van der Waals surface area contributed by atoms with Crippen molar-refractivity contribution in [1.82, 2.24) is 19.9 Å². The van der Waals surface area contributed by atoms with E-state index in [4.69, 9.17) is 4.52 Å². The Morgan fingerprint density at radius 3 is 2.52 bits per heavy atom. The van der Waals surface area contributed by atoms with Crippen LogP contribution in [-0.2, 0) is 16.0 Å². The predicted molar refractivity (Wildman–Crippen MR) is 98.3 cm³/mol. The first-order valence-corrected chi connectivity index (χ1v) is 8.96. The molecule has 1 aromatic heterocycles. The Hall–Kier alpha value is -2.77. The second-order valence-electron chi connectivity index (χ2n) is 6.29. The molecule has 0 aliphatic heterocycles. The van der Waals surface area contributed by atoms with Gasteiger partial charge < -0.3 is 14.3 Å². The Bertz CT molecular complexity index is 802. The molecular formula is C19H25FN4O3. The number of halogens is 1. The number of rotatable bonds is 8. The van der Waals surface area contributed by atoms with Crippen molar-refractivity contribution in [2.45, 2.75) is 33.6 Å². The van der Waals surface area contributed by atoms with E-state index >= 15 is 0 Å². The molecule has 0 fully saturated rings. The van der Waals surface area contributed by atoms with Gasteiger partial charge in [-0.05, 0) is 32.4 Å². The van der Waals surface area contributed by atoms with E-state index < -0.39 is 0 Å². The number of aromatic nitrogens is 2. The number of hydrogen-bond acceptors (Lipinski definition) is 5. The molecular weight excluding hydrogens is 351 g/mol. The summed E-state index contributed by atoms with van der Waals surface area (Å²) < 4.78 is 18.8. The van der Waals surface area contributed by atoms with Crippen LogP contribution in [-0.4, -0.2) is 58.4 Å². The van der Waals surface area contributed by atoms with E-state index in [0.717, 1.165) is 0 Å². The molecule has 0 bridgehead atoms. The lowest BCUT2D eigenvalue weighted by molar-refractivity contribution is -0.139. The van der Waals surface area contributed by atoms with Crippen LogP contribution >= 0.6 is 0 Å². The zero-order chi connectivity index (χ0) is 20.0. The summed E-state index contributed by atoms with van der Waals surface area (Å²) >= 11 is 0. The first-order chi connectivity index (χ1) is 12.8. The number of amides is 2. The molecule has 2 aromatic rings. The maximum atomic E-state index is 13.7. The van der Waals surface area contributed by atoms with Crippen LogP contribution in [0.5, 0.6) is 0 Å². The predicted octanol–water partition coefficient (Wildman–Crippen LogP) is 2.44. The van der Waals surface area contributed by atoms with Gasteiger partial charge in [0.25, 0.3) is 0 Å². The van der Waals surface area contributed by atoms with Crippen molar-refractivity contribution in [2.75, 3.05) is 26.7 Å². The first kappa shape index (κ1) is 20.5. The smallest absolute Gasteiger partial charge is 0.242 e. The maximum absolute atomic E-state index is 13.7. The van der Waals surface area contributed by atoms with Crippen molar-refractivity contribution in [3.63, 3.8) is 0 Å². The molecule has 1 aromatic carbocycles. The van der Waals surface area contributed by atoms with Crippen LogP contribution in [0.3, 0.4) is 0 Å². The van der Waals surface area contributed by atoms with Gasteiger partial charge in [-0.1, -0.05) is 17.3 Å². The number of likely N-dealkylation sites (N-methyl/N-ethyl adjacent to an activating group) is 2. The Balaban J connectivity index is 1.91. The highest BCUT2D eigenvalue weighted by atomic mass is 19.1. The fraction of sp³-hybridized carbons (Fsp3) is 0.474. The highest BCUT2D eigenvalue weighted by molar-refractivity contribution is 5.84. The summed E-state index contributed by atoms with van der Waals surface area (Å²) in [5.74, 6) is -0.0355. The summed E-state index contributed by atoms with van der Waals surface area (Å²) in [6, 6.07) is 4.71. The van der Waals surface area contributed by atoms with Gasteiger partial charge in [0.05, 0.1) is 6.54 Å². The number of hydrogen-bond donors (Lipinski definition) is 0. The largest absolute Gasteiger partial charge is 0.342 e. The molecule has 0 radical (unpaired) electrons. The molecule has 7 nitrogen and oxygen atoms in total. The van der Waals surface area contributed by atoms with Gasteiger partial charge in [-0.2, -0.15) is 4.98 Å².